The molecule has 0 radical (unpaired) electrons. The molecule has 96 valence electrons. The van der Waals surface area contributed by atoms with Crippen molar-refractivity contribution in [1.82, 2.24) is 15.1 Å². The highest BCUT2D eigenvalue weighted by Gasteiger charge is 2.22. The molecule has 3 N–H and O–H groups in total. The average molecular weight is 247 g/mol. The van der Waals surface area contributed by atoms with Crippen LogP contribution in [0.15, 0.2) is 17.7 Å². The number of hydrogen-bond donors (Lipinski definition) is 2. The van der Waals surface area contributed by atoms with E-state index >= 15 is 0 Å². The highest BCUT2D eigenvalue weighted by atomic mass is 16.2. The van der Waals surface area contributed by atoms with Gasteiger partial charge in [0.25, 0.3) is 0 Å². The summed E-state index contributed by atoms with van der Waals surface area (Å²) in [6.07, 6.45) is 2.56. The largest absolute Gasteiger partial charge is 0.334 e. The fraction of sp³-hybridized carbons (Fsp3) is 0.417. The number of nitrogen functional groups attached to an aromatic ring is 1. The fourth-order valence-corrected chi connectivity index (χ4v) is 1.95. The highest BCUT2D eigenvalue weighted by molar-refractivity contribution is 5.92. The first-order valence-corrected chi connectivity index (χ1v) is 5.90. The minimum absolute atomic E-state index is 0.0715. The van der Waals surface area contributed by atoms with Crippen LogP contribution in [0.3, 0.4) is 0 Å². The van der Waals surface area contributed by atoms with Gasteiger partial charge in [-0.3, -0.25) is 4.79 Å². The standard InChI is InChI=1S/C12H17N5O/c1-3-8(2)12(18)17-5-4-10-9(7-17)6-11(14-13)16-15-10/h3,6H,4-5,7,13H2,1-2H3,(H,14,16)/b8-3-. The summed E-state index contributed by atoms with van der Waals surface area (Å²) in [6.45, 7) is 4.94. The monoisotopic (exact) mass is 247 g/mol. The Morgan fingerprint density at radius 2 is 2.33 bits per heavy atom. The molecule has 0 atom stereocenters. The predicted octanol–water partition coefficient (Wildman–Crippen LogP) is 0.613. The van der Waals surface area contributed by atoms with Crippen molar-refractivity contribution in [1.29, 1.82) is 0 Å². The lowest BCUT2D eigenvalue weighted by molar-refractivity contribution is -0.128. The molecule has 0 bridgehead atoms. The van der Waals surface area contributed by atoms with Crippen molar-refractivity contribution >= 4 is 11.7 Å². The molecule has 6 heteroatoms. The molecule has 2 rings (SSSR count). The first-order chi connectivity index (χ1) is 8.65. The topological polar surface area (TPSA) is 84.1 Å². The Morgan fingerprint density at radius 1 is 1.56 bits per heavy atom. The average Bonchev–Trinajstić information content (AvgIpc) is 2.44. The number of carbonyl (C=O) groups excluding carboxylic acids is 1. The molecule has 1 amide bonds. The smallest absolute Gasteiger partial charge is 0.249 e. The Balaban J connectivity index is 2.21. The molecule has 0 unspecified atom stereocenters. The summed E-state index contributed by atoms with van der Waals surface area (Å²) in [5.41, 5.74) is 5.17. The first kappa shape index (κ1) is 12.5. The van der Waals surface area contributed by atoms with Crippen LogP contribution in [0.5, 0.6) is 0 Å². The molecular formula is C12H17N5O. The number of carbonyl (C=O) groups is 1. The minimum Gasteiger partial charge on any atom is -0.334 e. The second kappa shape index (κ2) is 5.14. The molecule has 1 aliphatic heterocycles. The van der Waals surface area contributed by atoms with Gasteiger partial charge in [-0.2, -0.15) is 5.10 Å². The van der Waals surface area contributed by atoms with Crippen LogP contribution in [0.25, 0.3) is 0 Å². The maximum Gasteiger partial charge on any atom is 0.249 e. The summed E-state index contributed by atoms with van der Waals surface area (Å²) in [5, 5.41) is 8.03. The SMILES string of the molecule is C/C=C(/C)C(=O)N1CCc2nnc(NN)cc2C1. The van der Waals surface area contributed by atoms with E-state index in [9.17, 15) is 4.79 Å². The van der Waals surface area contributed by atoms with E-state index in [1.807, 2.05) is 30.9 Å². The third-order valence-corrected chi connectivity index (χ3v) is 3.15. The predicted molar refractivity (Wildman–Crippen MR) is 68.4 cm³/mol. The number of amides is 1. The number of nitrogens with two attached hydrogens (primary N) is 1. The van der Waals surface area contributed by atoms with Gasteiger partial charge in [-0.15, -0.1) is 5.10 Å². The van der Waals surface area contributed by atoms with E-state index in [-0.39, 0.29) is 5.91 Å². The lowest BCUT2D eigenvalue weighted by atomic mass is 10.1. The van der Waals surface area contributed by atoms with Gasteiger partial charge < -0.3 is 10.3 Å². The molecule has 0 fully saturated rings. The number of allylic oxidation sites excluding steroid dienone is 1. The number of aromatic nitrogens is 2. The highest BCUT2D eigenvalue weighted by Crippen LogP contribution is 2.19. The molecule has 0 aromatic carbocycles. The molecule has 0 spiro atoms. The number of hydrazine groups is 1. The van der Waals surface area contributed by atoms with E-state index in [2.05, 4.69) is 15.6 Å². The van der Waals surface area contributed by atoms with Crippen molar-refractivity contribution in [2.75, 3.05) is 12.0 Å². The van der Waals surface area contributed by atoms with Crippen molar-refractivity contribution < 1.29 is 4.79 Å². The molecule has 0 saturated carbocycles. The molecule has 1 aliphatic rings. The molecule has 18 heavy (non-hydrogen) atoms. The third kappa shape index (κ3) is 2.33. The normalized spacial score (nSPS) is 15.3. The van der Waals surface area contributed by atoms with Crippen LogP contribution in [-0.2, 0) is 17.8 Å². The van der Waals surface area contributed by atoms with Gasteiger partial charge in [-0.1, -0.05) is 6.08 Å². The van der Waals surface area contributed by atoms with Crippen molar-refractivity contribution in [2.45, 2.75) is 26.8 Å². The van der Waals surface area contributed by atoms with Crippen LogP contribution >= 0.6 is 0 Å². The van der Waals surface area contributed by atoms with E-state index in [1.54, 1.807) is 0 Å². The van der Waals surface area contributed by atoms with Crippen LogP contribution in [-0.4, -0.2) is 27.5 Å². The molecule has 1 aromatic rings. The molecule has 0 saturated heterocycles. The first-order valence-electron chi connectivity index (χ1n) is 5.90. The lowest BCUT2D eigenvalue weighted by Crippen LogP contribution is -2.37. The Kier molecular flexibility index (Phi) is 3.57. The van der Waals surface area contributed by atoms with E-state index in [4.69, 9.17) is 5.84 Å². The maximum atomic E-state index is 12.1. The third-order valence-electron chi connectivity index (χ3n) is 3.15. The lowest BCUT2D eigenvalue weighted by Gasteiger charge is -2.28. The van der Waals surface area contributed by atoms with Crippen molar-refractivity contribution in [3.8, 4) is 0 Å². The van der Waals surface area contributed by atoms with Gasteiger partial charge in [0.1, 0.15) is 0 Å². The summed E-state index contributed by atoms with van der Waals surface area (Å²) in [4.78, 5) is 13.9. The number of nitrogens with zero attached hydrogens (tertiary/aromatic N) is 3. The maximum absolute atomic E-state index is 12.1. The Morgan fingerprint density at radius 3 is 3.00 bits per heavy atom. The second-order valence-corrected chi connectivity index (χ2v) is 4.29. The summed E-state index contributed by atoms with van der Waals surface area (Å²) in [6, 6.07) is 1.84. The van der Waals surface area contributed by atoms with Crippen molar-refractivity contribution in [2.24, 2.45) is 5.84 Å². The van der Waals surface area contributed by atoms with Crippen LogP contribution in [0.1, 0.15) is 25.1 Å². The summed E-state index contributed by atoms with van der Waals surface area (Å²) in [5.74, 6) is 5.90. The number of fused-ring (bicyclic) bond motifs is 1. The number of rotatable bonds is 2. The molecule has 2 heterocycles. The van der Waals surface area contributed by atoms with Gasteiger partial charge >= 0.3 is 0 Å². The summed E-state index contributed by atoms with van der Waals surface area (Å²) < 4.78 is 0. The number of hydrogen-bond acceptors (Lipinski definition) is 5. The van der Waals surface area contributed by atoms with Crippen LogP contribution < -0.4 is 11.3 Å². The number of nitrogens with one attached hydrogen (secondary N) is 1. The van der Waals surface area contributed by atoms with Gasteiger partial charge in [0.2, 0.25) is 5.91 Å². The van der Waals surface area contributed by atoms with E-state index in [0.29, 0.717) is 18.9 Å². The van der Waals surface area contributed by atoms with Gasteiger partial charge in [-0.25, -0.2) is 5.84 Å². The van der Waals surface area contributed by atoms with Crippen LogP contribution in [0, 0.1) is 0 Å². The number of anilines is 1. The quantitative estimate of drug-likeness (QED) is 0.454. The zero-order valence-corrected chi connectivity index (χ0v) is 10.6. The Labute approximate surface area is 106 Å². The zero-order chi connectivity index (χ0) is 13.1. The van der Waals surface area contributed by atoms with Crippen molar-refractivity contribution in [3.05, 3.63) is 29.0 Å². The Bertz CT molecular complexity index is 497. The van der Waals surface area contributed by atoms with Crippen molar-refractivity contribution in [3.63, 3.8) is 0 Å². The van der Waals surface area contributed by atoms with E-state index in [0.717, 1.165) is 23.3 Å². The van der Waals surface area contributed by atoms with Crippen LogP contribution in [0.2, 0.25) is 0 Å². The van der Waals surface area contributed by atoms with E-state index in [1.165, 1.54) is 0 Å². The molecule has 6 nitrogen and oxygen atoms in total. The van der Waals surface area contributed by atoms with Crippen LogP contribution in [0.4, 0.5) is 5.82 Å². The summed E-state index contributed by atoms with van der Waals surface area (Å²) >= 11 is 0. The Hall–Kier alpha value is -1.95. The molecule has 0 aliphatic carbocycles. The molecular weight excluding hydrogens is 230 g/mol. The van der Waals surface area contributed by atoms with Gasteiger partial charge in [-0.05, 0) is 25.5 Å². The van der Waals surface area contributed by atoms with Gasteiger partial charge in [0, 0.05) is 25.1 Å². The minimum atomic E-state index is 0.0715. The molecule has 1 aromatic heterocycles. The van der Waals surface area contributed by atoms with Gasteiger partial charge in [0.05, 0.1) is 5.69 Å². The van der Waals surface area contributed by atoms with E-state index < -0.39 is 0 Å². The summed E-state index contributed by atoms with van der Waals surface area (Å²) in [7, 11) is 0. The second-order valence-electron chi connectivity index (χ2n) is 4.29. The van der Waals surface area contributed by atoms with Gasteiger partial charge in [0.15, 0.2) is 5.82 Å². The fourth-order valence-electron chi connectivity index (χ4n) is 1.95. The zero-order valence-electron chi connectivity index (χ0n) is 10.6.